The summed E-state index contributed by atoms with van der Waals surface area (Å²) in [6, 6.07) is 4.37. The molecule has 1 heterocycles. The van der Waals surface area contributed by atoms with Gasteiger partial charge in [-0.1, -0.05) is 20.8 Å². The smallest absolute Gasteiger partial charge is 0.0636 e. The van der Waals surface area contributed by atoms with Crippen molar-refractivity contribution in [3.8, 4) is 0 Å². The van der Waals surface area contributed by atoms with Gasteiger partial charge in [-0.25, -0.2) is 0 Å². The van der Waals surface area contributed by atoms with E-state index in [1.807, 2.05) is 11.3 Å². The first-order valence-corrected chi connectivity index (χ1v) is 6.19. The highest BCUT2D eigenvalue weighted by Gasteiger charge is 2.15. The van der Waals surface area contributed by atoms with Crippen LogP contribution in [0.4, 0.5) is 0 Å². The molecule has 1 rings (SSSR count). The van der Waals surface area contributed by atoms with Crippen molar-refractivity contribution in [2.24, 2.45) is 0 Å². The van der Waals surface area contributed by atoms with Gasteiger partial charge in [-0.15, -0.1) is 11.3 Å². The molecule has 2 nitrogen and oxygen atoms in total. The third-order valence-corrected chi connectivity index (χ3v) is 3.65. The summed E-state index contributed by atoms with van der Waals surface area (Å²) in [5.74, 6) is 0. The lowest BCUT2D eigenvalue weighted by atomic mass is 9.95. The Kier molecular flexibility index (Phi) is 4.32. The molecule has 3 heteroatoms. The Bertz CT molecular complexity index is 299. The van der Waals surface area contributed by atoms with Crippen LogP contribution in [0, 0.1) is 0 Å². The quantitative estimate of drug-likeness (QED) is 0.828. The van der Waals surface area contributed by atoms with E-state index in [1.165, 1.54) is 9.75 Å². The van der Waals surface area contributed by atoms with Crippen LogP contribution in [-0.4, -0.2) is 17.8 Å². The summed E-state index contributed by atoms with van der Waals surface area (Å²) in [7, 11) is 0. The van der Waals surface area contributed by atoms with Crippen LogP contribution in [0.1, 0.15) is 37.4 Å². The monoisotopic (exact) mass is 227 g/mol. The maximum absolute atomic E-state index is 9.11. The first-order chi connectivity index (χ1) is 6.89. The minimum atomic E-state index is -0.271. The van der Waals surface area contributed by atoms with Crippen LogP contribution in [0.3, 0.4) is 0 Å². The molecule has 15 heavy (non-hydrogen) atoms. The number of aliphatic hydroxyl groups is 1. The molecule has 86 valence electrons. The summed E-state index contributed by atoms with van der Waals surface area (Å²) in [6.45, 7) is 9.99. The third kappa shape index (κ3) is 4.33. The van der Waals surface area contributed by atoms with Gasteiger partial charge < -0.3 is 10.4 Å². The second kappa shape index (κ2) is 5.10. The van der Waals surface area contributed by atoms with Crippen LogP contribution in [0.15, 0.2) is 12.1 Å². The normalized spacial score (nSPS) is 14.2. The Morgan fingerprint density at radius 1 is 1.40 bits per heavy atom. The van der Waals surface area contributed by atoms with E-state index >= 15 is 0 Å². The van der Waals surface area contributed by atoms with Gasteiger partial charge in [-0.2, -0.15) is 0 Å². The Balaban J connectivity index is 2.47. The SMILES string of the molecule is C[C@H](O)CNCc1ccc(C(C)(C)C)s1. The zero-order valence-electron chi connectivity index (χ0n) is 10.0. The third-order valence-electron chi connectivity index (χ3n) is 2.14. The van der Waals surface area contributed by atoms with Crippen LogP contribution < -0.4 is 5.32 Å². The van der Waals surface area contributed by atoms with Gasteiger partial charge >= 0.3 is 0 Å². The predicted molar refractivity (Wildman–Crippen MR) is 66.4 cm³/mol. The lowest BCUT2D eigenvalue weighted by Gasteiger charge is -2.15. The molecule has 0 bridgehead atoms. The van der Waals surface area contributed by atoms with E-state index in [1.54, 1.807) is 6.92 Å². The lowest BCUT2D eigenvalue weighted by Crippen LogP contribution is -2.23. The fraction of sp³-hybridized carbons (Fsp3) is 0.667. The van der Waals surface area contributed by atoms with Crippen molar-refractivity contribution in [1.82, 2.24) is 5.32 Å². The summed E-state index contributed by atoms with van der Waals surface area (Å²) in [5, 5.41) is 12.3. The summed E-state index contributed by atoms with van der Waals surface area (Å²) >= 11 is 1.85. The average molecular weight is 227 g/mol. The molecule has 0 aliphatic heterocycles. The molecule has 1 aromatic rings. The molecule has 0 radical (unpaired) electrons. The molecule has 0 spiro atoms. The zero-order valence-corrected chi connectivity index (χ0v) is 10.8. The first kappa shape index (κ1) is 12.7. The van der Waals surface area contributed by atoms with Crippen molar-refractivity contribution in [3.63, 3.8) is 0 Å². The molecule has 0 fully saturated rings. The highest BCUT2D eigenvalue weighted by Crippen LogP contribution is 2.29. The molecular weight excluding hydrogens is 206 g/mol. The Hall–Kier alpha value is -0.380. The van der Waals surface area contributed by atoms with Crippen molar-refractivity contribution >= 4 is 11.3 Å². The number of aliphatic hydroxyl groups excluding tert-OH is 1. The molecule has 0 aliphatic rings. The molecule has 1 atom stereocenters. The summed E-state index contributed by atoms with van der Waals surface area (Å²) in [5.41, 5.74) is 0.243. The van der Waals surface area contributed by atoms with Crippen LogP contribution in [-0.2, 0) is 12.0 Å². The van der Waals surface area contributed by atoms with E-state index in [9.17, 15) is 0 Å². The maximum atomic E-state index is 9.11. The molecule has 0 saturated carbocycles. The van der Waals surface area contributed by atoms with Gasteiger partial charge in [0.05, 0.1) is 6.10 Å². The second-order valence-electron chi connectivity index (χ2n) is 5.00. The number of rotatable bonds is 4. The molecule has 0 amide bonds. The number of hydrogen-bond donors (Lipinski definition) is 2. The van der Waals surface area contributed by atoms with Crippen molar-refractivity contribution in [1.29, 1.82) is 0 Å². The summed E-state index contributed by atoms with van der Waals surface area (Å²) < 4.78 is 0. The van der Waals surface area contributed by atoms with Crippen LogP contribution >= 0.6 is 11.3 Å². The molecule has 0 saturated heterocycles. The second-order valence-corrected chi connectivity index (χ2v) is 6.16. The fourth-order valence-corrected chi connectivity index (χ4v) is 2.32. The topological polar surface area (TPSA) is 32.3 Å². The lowest BCUT2D eigenvalue weighted by molar-refractivity contribution is 0.191. The molecule has 1 aromatic heterocycles. The molecule has 0 unspecified atom stereocenters. The number of thiophene rings is 1. The van der Waals surface area contributed by atoms with Gasteiger partial charge in [-0.05, 0) is 24.5 Å². The van der Waals surface area contributed by atoms with E-state index in [4.69, 9.17) is 5.11 Å². The number of hydrogen-bond acceptors (Lipinski definition) is 3. The van der Waals surface area contributed by atoms with Gasteiger partial charge in [0, 0.05) is 22.8 Å². The van der Waals surface area contributed by atoms with Crippen molar-refractivity contribution in [3.05, 3.63) is 21.9 Å². The summed E-state index contributed by atoms with van der Waals surface area (Å²) in [4.78, 5) is 2.75. The zero-order chi connectivity index (χ0) is 11.5. The van der Waals surface area contributed by atoms with Gasteiger partial charge in [0.15, 0.2) is 0 Å². The Labute approximate surface area is 96.3 Å². The van der Waals surface area contributed by atoms with Crippen LogP contribution in [0.2, 0.25) is 0 Å². The Morgan fingerprint density at radius 3 is 2.53 bits per heavy atom. The minimum Gasteiger partial charge on any atom is -0.392 e. The molecule has 2 N–H and O–H groups in total. The maximum Gasteiger partial charge on any atom is 0.0636 e. The van der Waals surface area contributed by atoms with Crippen molar-refractivity contribution in [2.75, 3.05) is 6.54 Å². The average Bonchev–Trinajstić information content (AvgIpc) is 2.51. The standard InChI is InChI=1S/C12H21NOS/c1-9(14)7-13-8-10-5-6-11(15-10)12(2,3)4/h5-6,9,13-14H,7-8H2,1-4H3/t9-/m0/s1. The van der Waals surface area contributed by atoms with Gasteiger partial charge in [0.25, 0.3) is 0 Å². The van der Waals surface area contributed by atoms with E-state index < -0.39 is 0 Å². The van der Waals surface area contributed by atoms with Crippen LogP contribution in [0.25, 0.3) is 0 Å². The predicted octanol–water partition coefficient (Wildman–Crippen LogP) is 2.52. The van der Waals surface area contributed by atoms with E-state index in [0.717, 1.165) is 6.54 Å². The number of nitrogens with one attached hydrogen (secondary N) is 1. The van der Waals surface area contributed by atoms with E-state index in [0.29, 0.717) is 6.54 Å². The minimum absolute atomic E-state index is 0.243. The summed E-state index contributed by atoms with van der Waals surface area (Å²) in [6.07, 6.45) is -0.271. The van der Waals surface area contributed by atoms with Crippen molar-refractivity contribution in [2.45, 2.75) is 45.8 Å². The van der Waals surface area contributed by atoms with Crippen LogP contribution in [0.5, 0.6) is 0 Å². The Morgan fingerprint density at radius 2 is 2.07 bits per heavy atom. The van der Waals surface area contributed by atoms with E-state index in [2.05, 4.69) is 38.2 Å². The highest BCUT2D eigenvalue weighted by atomic mass is 32.1. The molecular formula is C12H21NOS. The van der Waals surface area contributed by atoms with E-state index in [-0.39, 0.29) is 11.5 Å². The molecule has 0 aliphatic carbocycles. The molecule has 0 aromatic carbocycles. The van der Waals surface area contributed by atoms with Gasteiger partial charge in [0.1, 0.15) is 0 Å². The first-order valence-electron chi connectivity index (χ1n) is 5.37. The van der Waals surface area contributed by atoms with Crippen molar-refractivity contribution < 1.29 is 5.11 Å². The highest BCUT2D eigenvalue weighted by molar-refractivity contribution is 7.12. The van der Waals surface area contributed by atoms with Gasteiger partial charge in [0.2, 0.25) is 0 Å². The largest absolute Gasteiger partial charge is 0.392 e. The fourth-order valence-electron chi connectivity index (χ4n) is 1.28. The van der Waals surface area contributed by atoms with Gasteiger partial charge in [-0.3, -0.25) is 0 Å².